The summed E-state index contributed by atoms with van der Waals surface area (Å²) >= 11 is 0. The predicted molar refractivity (Wildman–Crippen MR) is 112 cm³/mol. The first kappa shape index (κ1) is 18.7. The van der Waals surface area contributed by atoms with Gasteiger partial charge >= 0.3 is 0 Å². The smallest absolute Gasteiger partial charge is 0.232 e. The summed E-state index contributed by atoms with van der Waals surface area (Å²) in [4.78, 5) is 28.4. The molecular weight excluding hydrogens is 346 g/mol. The number of carbonyl (C=O) groups excluding carboxylic acids is 2. The normalized spacial score (nSPS) is 21.7. The second-order valence-electron chi connectivity index (χ2n) is 8.98. The molecule has 3 heteroatoms. The van der Waals surface area contributed by atoms with Gasteiger partial charge in [0.25, 0.3) is 0 Å². The van der Waals surface area contributed by atoms with E-state index in [0.717, 1.165) is 34.5 Å². The van der Waals surface area contributed by atoms with E-state index >= 15 is 0 Å². The molecule has 144 valence electrons. The molecule has 2 aromatic carbocycles. The third-order valence-electron chi connectivity index (χ3n) is 5.98. The van der Waals surface area contributed by atoms with E-state index in [1.807, 2.05) is 36.1 Å². The number of aryl methyl sites for hydroxylation is 2. The van der Waals surface area contributed by atoms with Gasteiger partial charge in [0.2, 0.25) is 5.91 Å². The Morgan fingerprint density at radius 1 is 0.929 bits per heavy atom. The Morgan fingerprint density at radius 2 is 1.61 bits per heavy atom. The number of carbonyl (C=O) groups is 2. The Hall–Kier alpha value is -2.68. The van der Waals surface area contributed by atoms with Gasteiger partial charge in [0.05, 0.1) is 5.69 Å². The minimum Gasteiger partial charge on any atom is -0.294 e. The van der Waals surface area contributed by atoms with E-state index in [9.17, 15) is 9.59 Å². The fraction of sp³-hybridized carbons (Fsp3) is 0.360. The predicted octanol–water partition coefficient (Wildman–Crippen LogP) is 5.47. The van der Waals surface area contributed by atoms with Crippen molar-refractivity contribution in [2.24, 2.45) is 5.41 Å². The fourth-order valence-corrected chi connectivity index (χ4v) is 4.59. The summed E-state index contributed by atoms with van der Waals surface area (Å²) < 4.78 is 0. The minimum absolute atomic E-state index is 0.0733. The van der Waals surface area contributed by atoms with Crippen LogP contribution in [-0.4, -0.2) is 11.7 Å². The highest BCUT2D eigenvalue weighted by Crippen LogP contribution is 2.48. The van der Waals surface area contributed by atoms with E-state index in [1.54, 1.807) is 0 Å². The van der Waals surface area contributed by atoms with Crippen LogP contribution in [0.2, 0.25) is 0 Å². The van der Waals surface area contributed by atoms with Crippen LogP contribution >= 0.6 is 0 Å². The molecule has 4 rings (SSSR count). The molecule has 1 aliphatic heterocycles. The number of hydrogen-bond donors (Lipinski definition) is 0. The van der Waals surface area contributed by atoms with Crippen molar-refractivity contribution in [3.05, 3.63) is 76.5 Å². The molecule has 0 saturated carbocycles. The Morgan fingerprint density at radius 3 is 2.29 bits per heavy atom. The SMILES string of the molecule is Cc1ccc(C2CC(=O)N(c3ccccc3C)C3=C2C(=O)CC(C)(C)C3)cc1. The number of Topliss-reactive ketones (excluding diaryl/α,β-unsaturated/α-hetero) is 1. The maximum absolute atomic E-state index is 13.4. The Bertz CT molecular complexity index is 982. The third-order valence-corrected chi connectivity index (χ3v) is 5.98. The van der Waals surface area contributed by atoms with Crippen molar-refractivity contribution >= 4 is 17.4 Å². The molecule has 2 aromatic rings. The third kappa shape index (κ3) is 3.19. The molecular formula is C25H27NO2. The maximum atomic E-state index is 13.4. The summed E-state index contributed by atoms with van der Waals surface area (Å²) in [5.74, 6) is 0.110. The van der Waals surface area contributed by atoms with Crippen LogP contribution < -0.4 is 4.90 Å². The zero-order valence-corrected chi connectivity index (χ0v) is 17.1. The minimum atomic E-state index is -0.147. The zero-order chi connectivity index (χ0) is 20.1. The van der Waals surface area contributed by atoms with Crippen LogP contribution in [0.1, 0.15) is 55.7 Å². The second-order valence-corrected chi connectivity index (χ2v) is 8.98. The summed E-state index contributed by atoms with van der Waals surface area (Å²) in [6.07, 6.45) is 1.60. The van der Waals surface area contributed by atoms with Gasteiger partial charge in [-0.15, -0.1) is 0 Å². The quantitative estimate of drug-likeness (QED) is 0.700. The lowest BCUT2D eigenvalue weighted by molar-refractivity contribution is -0.121. The van der Waals surface area contributed by atoms with Gasteiger partial charge in [-0.05, 0) is 42.9 Å². The van der Waals surface area contributed by atoms with E-state index in [0.29, 0.717) is 12.8 Å². The van der Waals surface area contributed by atoms with Crippen LogP contribution in [0.3, 0.4) is 0 Å². The van der Waals surface area contributed by atoms with Gasteiger partial charge < -0.3 is 0 Å². The lowest BCUT2D eigenvalue weighted by Crippen LogP contribution is -2.44. The Kier molecular flexibility index (Phi) is 4.49. The molecule has 1 heterocycles. The van der Waals surface area contributed by atoms with Gasteiger partial charge in [0.1, 0.15) is 0 Å². The van der Waals surface area contributed by atoms with Crippen LogP contribution in [-0.2, 0) is 9.59 Å². The van der Waals surface area contributed by atoms with Gasteiger partial charge in [-0.1, -0.05) is 61.9 Å². The number of anilines is 1. The summed E-state index contributed by atoms with van der Waals surface area (Å²) in [5.41, 5.74) is 5.77. The average molecular weight is 373 g/mol. The molecule has 0 bridgehead atoms. The first-order valence-corrected chi connectivity index (χ1v) is 9.98. The topological polar surface area (TPSA) is 37.4 Å². The lowest BCUT2D eigenvalue weighted by atomic mass is 9.69. The molecule has 0 radical (unpaired) electrons. The molecule has 28 heavy (non-hydrogen) atoms. The fourth-order valence-electron chi connectivity index (χ4n) is 4.59. The molecule has 0 N–H and O–H groups in total. The van der Waals surface area contributed by atoms with Crippen molar-refractivity contribution in [3.8, 4) is 0 Å². The van der Waals surface area contributed by atoms with E-state index < -0.39 is 0 Å². The first-order chi connectivity index (χ1) is 13.3. The van der Waals surface area contributed by atoms with Crippen molar-refractivity contribution < 1.29 is 9.59 Å². The molecule has 3 nitrogen and oxygen atoms in total. The molecule has 1 unspecified atom stereocenters. The number of rotatable bonds is 2. The molecule has 1 atom stereocenters. The van der Waals surface area contributed by atoms with Gasteiger partial charge in [0.15, 0.2) is 5.78 Å². The number of para-hydroxylation sites is 1. The number of hydrogen-bond acceptors (Lipinski definition) is 2. The van der Waals surface area contributed by atoms with Crippen LogP contribution in [0.5, 0.6) is 0 Å². The Balaban J connectivity index is 1.91. The van der Waals surface area contributed by atoms with Gasteiger partial charge in [-0.3, -0.25) is 14.5 Å². The van der Waals surface area contributed by atoms with Crippen molar-refractivity contribution in [3.63, 3.8) is 0 Å². The standard InChI is InChI=1S/C25H27NO2/c1-16-9-11-18(12-10-16)19-13-23(28)26(20-8-6-5-7-17(20)2)21-14-25(3,4)15-22(27)24(19)21/h5-12,19H,13-15H2,1-4H3. The lowest BCUT2D eigenvalue weighted by Gasteiger charge is -2.43. The summed E-state index contributed by atoms with van der Waals surface area (Å²) in [6.45, 7) is 8.30. The van der Waals surface area contributed by atoms with E-state index in [-0.39, 0.29) is 23.0 Å². The van der Waals surface area contributed by atoms with Crippen molar-refractivity contribution in [1.29, 1.82) is 0 Å². The first-order valence-electron chi connectivity index (χ1n) is 9.98. The van der Waals surface area contributed by atoms with Crippen molar-refractivity contribution in [2.45, 2.75) is 52.9 Å². The van der Waals surface area contributed by atoms with Gasteiger partial charge in [-0.2, -0.15) is 0 Å². The van der Waals surface area contributed by atoms with Crippen LogP contribution in [0, 0.1) is 19.3 Å². The van der Waals surface area contributed by atoms with E-state index in [1.165, 1.54) is 5.56 Å². The van der Waals surface area contributed by atoms with E-state index in [2.05, 4.69) is 45.0 Å². The van der Waals surface area contributed by atoms with Crippen LogP contribution in [0.15, 0.2) is 59.8 Å². The summed E-state index contributed by atoms with van der Waals surface area (Å²) in [7, 11) is 0. The van der Waals surface area contributed by atoms with Crippen molar-refractivity contribution in [1.82, 2.24) is 0 Å². The van der Waals surface area contributed by atoms with Gasteiger partial charge in [-0.25, -0.2) is 0 Å². The largest absolute Gasteiger partial charge is 0.294 e. The summed E-state index contributed by atoms with van der Waals surface area (Å²) in [6, 6.07) is 16.2. The van der Waals surface area contributed by atoms with Gasteiger partial charge in [0, 0.05) is 30.0 Å². The number of allylic oxidation sites excluding steroid dienone is 2. The molecule has 1 amide bonds. The van der Waals surface area contributed by atoms with Crippen LogP contribution in [0.25, 0.3) is 0 Å². The highest BCUT2D eigenvalue weighted by Gasteiger charge is 2.44. The molecule has 0 spiro atoms. The van der Waals surface area contributed by atoms with Crippen LogP contribution in [0.4, 0.5) is 5.69 Å². The molecule has 0 saturated heterocycles. The number of amides is 1. The summed E-state index contributed by atoms with van der Waals surface area (Å²) in [5, 5.41) is 0. The second kappa shape index (κ2) is 6.73. The highest BCUT2D eigenvalue weighted by molar-refractivity contribution is 6.08. The number of benzene rings is 2. The monoisotopic (exact) mass is 373 g/mol. The zero-order valence-electron chi connectivity index (χ0n) is 17.1. The Labute approximate surface area is 167 Å². The molecule has 0 fully saturated rings. The molecule has 1 aliphatic carbocycles. The number of ketones is 1. The average Bonchev–Trinajstić information content (AvgIpc) is 2.62. The highest BCUT2D eigenvalue weighted by atomic mass is 16.2. The number of nitrogens with zero attached hydrogens (tertiary/aromatic N) is 1. The maximum Gasteiger partial charge on any atom is 0.232 e. The van der Waals surface area contributed by atoms with Crippen molar-refractivity contribution in [2.75, 3.05) is 4.90 Å². The molecule has 2 aliphatic rings. The van der Waals surface area contributed by atoms with E-state index in [4.69, 9.17) is 0 Å². The molecule has 0 aromatic heterocycles.